The third-order valence-electron chi connectivity index (χ3n) is 6.57. The van der Waals surface area contributed by atoms with E-state index in [-0.39, 0.29) is 35.9 Å². The number of amides is 2. The lowest BCUT2D eigenvalue weighted by atomic mass is 9.78. The maximum absolute atomic E-state index is 12.9. The van der Waals surface area contributed by atoms with Gasteiger partial charge in [0.05, 0.1) is 10.6 Å². The highest BCUT2D eigenvalue weighted by atomic mass is 32.2. The van der Waals surface area contributed by atoms with Crippen LogP contribution in [0.25, 0.3) is 0 Å². The van der Waals surface area contributed by atoms with E-state index in [1.54, 1.807) is 19.9 Å². The van der Waals surface area contributed by atoms with Gasteiger partial charge in [-0.3, -0.25) is 14.5 Å². The molecule has 0 radical (unpaired) electrons. The summed E-state index contributed by atoms with van der Waals surface area (Å²) >= 11 is 0. The van der Waals surface area contributed by atoms with E-state index in [9.17, 15) is 18.0 Å². The highest BCUT2D eigenvalue weighted by Gasteiger charge is 2.32. The molecule has 0 aromatic heterocycles. The molecule has 0 saturated heterocycles. The molecule has 1 aromatic rings. The van der Waals surface area contributed by atoms with Crippen molar-refractivity contribution in [1.29, 1.82) is 0 Å². The average Bonchev–Trinajstić information content (AvgIpc) is 2.74. The second-order valence-electron chi connectivity index (χ2n) is 8.43. The van der Waals surface area contributed by atoms with Crippen LogP contribution >= 0.6 is 0 Å². The van der Waals surface area contributed by atoms with Crippen molar-refractivity contribution < 1.29 is 22.7 Å². The van der Waals surface area contributed by atoms with Crippen LogP contribution < -0.4 is 15.0 Å². The van der Waals surface area contributed by atoms with Crippen LogP contribution in [0, 0.1) is 11.8 Å². The number of ether oxygens (including phenoxy) is 1. The lowest BCUT2D eigenvalue weighted by Crippen LogP contribution is -2.50. The molecule has 9 heteroatoms. The number of sulfonamides is 1. The maximum atomic E-state index is 12.9. The molecule has 8 nitrogen and oxygen atoms in total. The van der Waals surface area contributed by atoms with Crippen LogP contribution in [0.4, 0.5) is 5.69 Å². The lowest BCUT2D eigenvalue weighted by molar-refractivity contribution is -0.126. The van der Waals surface area contributed by atoms with Crippen LogP contribution in [0.15, 0.2) is 23.1 Å². The van der Waals surface area contributed by atoms with E-state index in [0.717, 1.165) is 19.3 Å². The van der Waals surface area contributed by atoms with Gasteiger partial charge in [-0.15, -0.1) is 0 Å². The zero-order chi connectivity index (χ0) is 22.8. The summed E-state index contributed by atoms with van der Waals surface area (Å²) in [7, 11) is -3.70. The van der Waals surface area contributed by atoms with Gasteiger partial charge in [-0.2, -0.15) is 4.31 Å². The van der Waals surface area contributed by atoms with Crippen LogP contribution in [-0.4, -0.2) is 56.8 Å². The van der Waals surface area contributed by atoms with E-state index in [1.807, 2.05) is 0 Å². The molecule has 0 bridgehead atoms. The van der Waals surface area contributed by atoms with Gasteiger partial charge in [0.25, 0.3) is 5.91 Å². The fourth-order valence-corrected chi connectivity index (χ4v) is 5.89. The fourth-order valence-electron chi connectivity index (χ4n) is 4.41. The van der Waals surface area contributed by atoms with E-state index < -0.39 is 10.0 Å². The standard InChI is InChI=1S/C22H33N3O5S/c1-5-24(6-2)31(28,29)17-10-11-20-19(12-17)25(22(27)14-30-20)13-21(26)23-18-9-7-8-15(3)16(18)4/h10-12,15-16,18H,5-9,13-14H2,1-4H3,(H,23,26)/t15-,16-,18-/m1/s1. The molecule has 2 aliphatic rings. The van der Waals surface area contributed by atoms with E-state index in [0.29, 0.717) is 36.4 Å². The average molecular weight is 452 g/mol. The molecule has 2 amide bonds. The normalized spacial score (nSPS) is 24.0. The lowest BCUT2D eigenvalue weighted by Gasteiger charge is -2.35. The summed E-state index contributed by atoms with van der Waals surface area (Å²) in [5.74, 6) is 0.689. The monoisotopic (exact) mass is 451 g/mol. The summed E-state index contributed by atoms with van der Waals surface area (Å²) in [6.07, 6.45) is 3.16. The maximum Gasteiger partial charge on any atom is 0.265 e. The minimum Gasteiger partial charge on any atom is -0.482 e. The van der Waals surface area contributed by atoms with Gasteiger partial charge in [0.15, 0.2) is 6.61 Å². The largest absolute Gasteiger partial charge is 0.482 e. The second-order valence-corrected chi connectivity index (χ2v) is 10.4. The highest BCUT2D eigenvalue weighted by Crippen LogP contribution is 2.35. The number of rotatable bonds is 7. The number of hydrogen-bond acceptors (Lipinski definition) is 5. The van der Waals surface area contributed by atoms with Crippen LogP contribution in [0.5, 0.6) is 5.75 Å². The number of fused-ring (bicyclic) bond motifs is 1. The van der Waals surface area contributed by atoms with Crippen LogP contribution in [-0.2, 0) is 19.6 Å². The van der Waals surface area contributed by atoms with Gasteiger partial charge in [0.1, 0.15) is 12.3 Å². The predicted octanol–water partition coefficient (Wildman–Crippen LogP) is 2.38. The summed E-state index contributed by atoms with van der Waals surface area (Å²) in [4.78, 5) is 26.8. The fraction of sp³-hybridized carbons (Fsp3) is 0.636. The Bertz CT molecular complexity index is 929. The van der Waals surface area contributed by atoms with Gasteiger partial charge in [0, 0.05) is 19.1 Å². The molecule has 3 rings (SSSR count). The summed E-state index contributed by atoms with van der Waals surface area (Å²) in [6, 6.07) is 4.54. The first kappa shape index (κ1) is 23.5. The van der Waals surface area contributed by atoms with Crippen molar-refractivity contribution in [2.24, 2.45) is 11.8 Å². The Labute approximate surface area is 185 Å². The first-order valence-corrected chi connectivity index (χ1v) is 12.5. The third-order valence-corrected chi connectivity index (χ3v) is 8.62. The topological polar surface area (TPSA) is 96.0 Å². The Morgan fingerprint density at radius 2 is 1.94 bits per heavy atom. The van der Waals surface area contributed by atoms with Crippen molar-refractivity contribution in [3.05, 3.63) is 18.2 Å². The number of nitrogens with one attached hydrogen (secondary N) is 1. The Morgan fingerprint density at radius 3 is 2.61 bits per heavy atom. The Balaban J connectivity index is 1.83. The van der Waals surface area contributed by atoms with Crippen LogP contribution in [0.3, 0.4) is 0 Å². The van der Waals surface area contributed by atoms with Gasteiger partial charge in [-0.1, -0.05) is 40.5 Å². The molecule has 1 aromatic carbocycles. The number of carbonyl (C=O) groups is 2. The van der Waals surface area contributed by atoms with Crippen molar-refractivity contribution >= 4 is 27.5 Å². The molecule has 1 N–H and O–H groups in total. The molecule has 1 aliphatic heterocycles. The van der Waals surface area contributed by atoms with Crippen molar-refractivity contribution in [2.45, 2.75) is 57.9 Å². The van der Waals surface area contributed by atoms with Crippen molar-refractivity contribution in [3.63, 3.8) is 0 Å². The SMILES string of the molecule is CCN(CC)S(=O)(=O)c1ccc2c(c1)N(CC(=O)N[C@@H]1CCC[C@@H](C)[C@H]1C)C(=O)CO2. The first-order valence-electron chi connectivity index (χ1n) is 11.1. The molecule has 172 valence electrons. The van der Waals surface area contributed by atoms with Gasteiger partial charge in [-0.05, 0) is 36.5 Å². The molecular weight excluding hydrogens is 418 g/mol. The molecule has 1 fully saturated rings. The Morgan fingerprint density at radius 1 is 1.23 bits per heavy atom. The van der Waals surface area contributed by atoms with Crippen molar-refractivity contribution in [3.8, 4) is 5.75 Å². The molecule has 1 saturated carbocycles. The van der Waals surface area contributed by atoms with Crippen LogP contribution in [0.2, 0.25) is 0 Å². The zero-order valence-corrected chi connectivity index (χ0v) is 19.6. The molecule has 1 heterocycles. The van der Waals surface area contributed by atoms with Gasteiger partial charge >= 0.3 is 0 Å². The molecular formula is C22H33N3O5S. The minimum absolute atomic E-state index is 0.0772. The van der Waals surface area contributed by atoms with E-state index in [2.05, 4.69) is 19.2 Å². The number of benzene rings is 1. The van der Waals surface area contributed by atoms with Crippen molar-refractivity contribution in [1.82, 2.24) is 9.62 Å². The summed E-state index contributed by atoms with van der Waals surface area (Å²) in [5, 5.41) is 3.08. The number of hydrogen-bond donors (Lipinski definition) is 1. The van der Waals surface area contributed by atoms with E-state index in [4.69, 9.17) is 4.74 Å². The third kappa shape index (κ3) is 4.87. The zero-order valence-electron chi connectivity index (χ0n) is 18.8. The van der Waals surface area contributed by atoms with E-state index >= 15 is 0 Å². The summed E-state index contributed by atoms with van der Waals surface area (Å²) in [6.45, 7) is 8.23. The number of carbonyl (C=O) groups excluding carboxylic acids is 2. The predicted molar refractivity (Wildman–Crippen MR) is 119 cm³/mol. The smallest absolute Gasteiger partial charge is 0.265 e. The van der Waals surface area contributed by atoms with Crippen molar-refractivity contribution in [2.75, 3.05) is 31.1 Å². The molecule has 31 heavy (non-hydrogen) atoms. The molecule has 0 unspecified atom stereocenters. The Kier molecular flexibility index (Phi) is 7.26. The van der Waals surface area contributed by atoms with Gasteiger partial charge in [-0.25, -0.2) is 8.42 Å². The quantitative estimate of drug-likeness (QED) is 0.687. The highest BCUT2D eigenvalue weighted by molar-refractivity contribution is 7.89. The Hall–Kier alpha value is -2.13. The minimum atomic E-state index is -3.70. The summed E-state index contributed by atoms with van der Waals surface area (Å²) in [5.41, 5.74) is 0.310. The molecule has 0 spiro atoms. The molecule has 1 aliphatic carbocycles. The van der Waals surface area contributed by atoms with Gasteiger partial charge in [0.2, 0.25) is 15.9 Å². The number of anilines is 1. The second kappa shape index (κ2) is 9.56. The summed E-state index contributed by atoms with van der Waals surface area (Å²) < 4.78 is 32.7. The van der Waals surface area contributed by atoms with E-state index in [1.165, 1.54) is 21.3 Å². The van der Waals surface area contributed by atoms with Gasteiger partial charge < -0.3 is 10.1 Å². The van der Waals surface area contributed by atoms with Crippen LogP contribution in [0.1, 0.15) is 47.0 Å². The first-order chi connectivity index (χ1) is 14.7. The molecule has 3 atom stereocenters. The number of nitrogens with zero attached hydrogens (tertiary/aromatic N) is 2.